The van der Waals surface area contributed by atoms with Crippen LogP contribution in [0.1, 0.15) is 19.4 Å². The first-order valence-electron chi connectivity index (χ1n) is 5.56. The number of carbonyl (C=O) groups is 1. The van der Waals surface area contributed by atoms with Crippen LogP contribution in [0.25, 0.3) is 0 Å². The predicted octanol–water partition coefficient (Wildman–Crippen LogP) is 2.55. The third kappa shape index (κ3) is 3.82. The van der Waals surface area contributed by atoms with Gasteiger partial charge in [0.25, 0.3) is 0 Å². The normalized spacial score (nSPS) is 12.6. The van der Waals surface area contributed by atoms with Crippen molar-refractivity contribution < 1.29 is 9.53 Å². The number of carbonyl (C=O) groups excluding carboxylic acids is 1. The SMILES string of the molecule is COc1ccc(CC(=O)C(N)C(C)C)cc1Br. The van der Waals surface area contributed by atoms with Crippen LogP contribution in [-0.2, 0) is 11.2 Å². The molecule has 0 heterocycles. The van der Waals surface area contributed by atoms with Crippen LogP contribution in [-0.4, -0.2) is 18.9 Å². The Morgan fingerprint density at radius 1 is 1.47 bits per heavy atom. The van der Waals surface area contributed by atoms with Crippen molar-refractivity contribution in [3.8, 4) is 5.75 Å². The molecule has 1 atom stereocenters. The molecule has 2 N–H and O–H groups in total. The number of hydrogen-bond donors (Lipinski definition) is 1. The number of rotatable bonds is 5. The molecule has 0 spiro atoms. The van der Waals surface area contributed by atoms with Crippen LogP contribution in [0.5, 0.6) is 5.75 Å². The molecule has 0 radical (unpaired) electrons. The maximum absolute atomic E-state index is 11.8. The van der Waals surface area contributed by atoms with E-state index in [2.05, 4.69) is 15.9 Å². The molecule has 0 bridgehead atoms. The topological polar surface area (TPSA) is 52.3 Å². The van der Waals surface area contributed by atoms with Gasteiger partial charge in [0.05, 0.1) is 17.6 Å². The van der Waals surface area contributed by atoms with Crippen molar-refractivity contribution in [1.82, 2.24) is 0 Å². The fraction of sp³-hybridized carbons (Fsp3) is 0.462. The van der Waals surface area contributed by atoms with Crippen LogP contribution in [0.3, 0.4) is 0 Å². The molecule has 0 aliphatic rings. The average molecular weight is 300 g/mol. The van der Waals surface area contributed by atoms with Crippen LogP contribution in [0.2, 0.25) is 0 Å². The zero-order valence-corrected chi connectivity index (χ0v) is 12.0. The highest BCUT2D eigenvalue weighted by Crippen LogP contribution is 2.25. The molecule has 1 rings (SSSR count). The van der Waals surface area contributed by atoms with Crippen LogP contribution < -0.4 is 10.5 Å². The largest absolute Gasteiger partial charge is 0.496 e. The molecule has 0 aliphatic heterocycles. The van der Waals surface area contributed by atoms with E-state index in [-0.39, 0.29) is 11.7 Å². The minimum Gasteiger partial charge on any atom is -0.496 e. The fourth-order valence-electron chi connectivity index (χ4n) is 1.51. The first-order chi connectivity index (χ1) is 7.95. The molecular formula is C13H18BrNO2. The molecule has 94 valence electrons. The lowest BCUT2D eigenvalue weighted by Crippen LogP contribution is -2.36. The summed E-state index contributed by atoms with van der Waals surface area (Å²) in [7, 11) is 1.61. The van der Waals surface area contributed by atoms with Gasteiger partial charge in [-0.05, 0) is 39.5 Å². The van der Waals surface area contributed by atoms with Crippen molar-refractivity contribution in [3.05, 3.63) is 28.2 Å². The zero-order valence-electron chi connectivity index (χ0n) is 10.4. The van der Waals surface area contributed by atoms with E-state index in [4.69, 9.17) is 10.5 Å². The van der Waals surface area contributed by atoms with E-state index in [9.17, 15) is 4.79 Å². The number of halogens is 1. The van der Waals surface area contributed by atoms with E-state index >= 15 is 0 Å². The molecule has 0 amide bonds. The molecule has 0 saturated carbocycles. The Hall–Kier alpha value is -0.870. The Morgan fingerprint density at radius 2 is 2.12 bits per heavy atom. The Kier molecular flexibility index (Phi) is 5.15. The molecule has 0 aromatic heterocycles. The molecule has 1 unspecified atom stereocenters. The fourth-order valence-corrected chi connectivity index (χ4v) is 2.10. The van der Waals surface area contributed by atoms with Gasteiger partial charge in [-0.2, -0.15) is 0 Å². The molecule has 3 nitrogen and oxygen atoms in total. The summed E-state index contributed by atoms with van der Waals surface area (Å²) in [5.41, 5.74) is 6.76. The van der Waals surface area contributed by atoms with Gasteiger partial charge in [-0.1, -0.05) is 19.9 Å². The highest BCUT2D eigenvalue weighted by Gasteiger charge is 2.17. The lowest BCUT2D eigenvalue weighted by atomic mass is 9.96. The zero-order chi connectivity index (χ0) is 13.0. The maximum atomic E-state index is 11.8. The molecule has 1 aromatic carbocycles. The number of benzene rings is 1. The highest BCUT2D eigenvalue weighted by atomic mass is 79.9. The van der Waals surface area contributed by atoms with Gasteiger partial charge in [0.1, 0.15) is 5.75 Å². The minimum absolute atomic E-state index is 0.0667. The van der Waals surface area contributed by atoms with E-state index in [1.54, 1.807) is 7.11 Å². The van der Waals surface area contributed by atoms with Gasteiger partial charge < -0.3 is 10.5 Å². The molecule has 4 heteroatoms. The van der Waals surface area contributed by atoms with E-state index < -0.39 is 6.04 Å². The van der Waals surface area contributed by atoms with Crippen molar-refractivity contribution in [2.45, 2.75) is 26.3 Å². The molecule has 0 fully saturated rings. The number of ether oxygens (including phenoxy) is 1. The summed E-state index contributed by atoms with van der Waals surface area (Å²) in [6, 6.07) is 5.22. The molecule has 17 heavy (non-hydrogen) atoms. The van der Waals surface area contributed by atoms with Gasteiger partial charge in [-0.3, -0.25) is 4.79 Å². The second-order valence-electron chi connectivity index (χ2n) is 4.38. The summed E-state index contributed by atoms with van der Waals surface area (Å²) >= 11 is 3.40. The Morgan fingerprint density at radius 3 is 2.59 bits per heavy atom. The van der Waals surface area contributed by atoms with Gasteiger partial charge >= 0.3 is 0 Å². The van der Waals surface area contributed by atoms with Crippen LogP contribution in [0.4, 0.5) is 0 Å². The number of nitrogens with two attached hydrogens (primary N) is 1. The van der Waals surface area contributed by atoms with Gasteiger partial charge in [-0.15, -0.1) is 0 Å². The summed E-state index contributed by atoms with van der Waals surface area (Å²) in [5.74, 6) is 0.996. The lowest BCUT2D eigenvalue weighted by Gasteiger charge is -2.14. The van der Waals surface area contributed by atoms with Gasteiger partial charge in [0.2, 0.25) is 0 Å². The summed E-state index contributed by atoms with van der Waals surface area (Å²) in [6.45, 7) is 3.90. The van der Waals surface area contributed by atoms with E-state index in [0.29, 0.717) is 6.42 Å². The Labute approximate surface area is 110 Å². The summed E-state index contributed by atoms with van der Waals surface area (Å²) < 4.78 is 5.98. The summed E-state index contributed by atoms with van der Waals surface area (Å²) in [4.78, 5) is 11.8. The third-order valence-electron chi connectivity index (χ3n) is 2.68. The van der Waals surface area contributed by atoms with Crippen molar-refractivity contribution in [2.24, 2.45) is 11.7 Å². The van der Waals surface area contributed by atoms with Crippen molar-refractivity contribution >= 4 is 21.7 Å². The number of hydrogen-bond acceptors (Lipinski definition) is 3. The van der Waals surface area contributed by atoms with Crippen molar-refractivity contribution in [2.75, 3.05) is 7.11 Å². The van der Waals surface area contributed by atoms with Gasteiger partial charge in [0.15, 0.2) is 5.78 Å². The molecule has 0 aliphatic carbocycles. The smallest absolute Gasteiger partial charge is 0.154 e. The minimum atomic E-state index is -0.393. The second-order valence-corrected chi connectivity index (χ2v) is 5.24. The standard InChI is InChI=1S/C13H18BrNO2/c1-8(2)13(15)11(16)7-9-4-5-12(17-3)10(14)6-9/h4-6,8,13H,7,15H2,1-3H3. The Bertz CT molecular complexity index is 404. The van der Waals surface area contributed by atoms with Gasteiger partial charge in [-0.25, -0.2) is 0 Å². The average Bonchev–Trinajstić information content (AvgIpc) is 2.28. The first kappa shape index (κ1) is 14.2. The van der Waals surface area contributed by atoms with Crippen LogP contribution in [0, 0.1) is 5.92 Å². The van der Waals surface area contributed by atoms with Crippen LogP contribution >= 0.6 is 15.9 Å². The number of Topliss-reactive ketones (excluding diaryl/α,β-unsaturated/α-hetero) is 1. The Balaban J connectivity index is 2.76. The van der Waals surface area contributed by atoms with Gasteiger partial charge in [0, 0.05) is 6.42 Å². The quantitative estimate of drug-likeness (QED) is 0.909. The van der Waals surface area contributed by atoms with Crippen LogP contribution in [0.15, 0.2) is 22.7 Å². The van der Waals surface area contributed by atoms with Crippen molar-refractivity contribution in [1.29, 1.82) is 0 Å². The number of methoxy groups -OCH3 is 1. The monoisotopic (exact) mass is 299 g/mol. The summed E-state index contributed by atoms with van der Waals surface area (Å²) in [5, 5.41) is 0. The highest BCUT2D eigenvalue weighted by molar-refractivity contribution is 9.10. The number of ketones is 1. The lowest BCUT2D eigenvalue weighted by molar-refractivity contribution is -0.120. The first-order valence-corrected chi connectivity index (χ1v) is 6.35. The second kappa shape index (κ2) is 6.17. The van der Waals surface area contributed by atoms with E-state index in [1.807, 2.05) is 32.0 Å². The van der Waals surface area contributed by atoms with E-state index in [0.717, 1.165) is 15.8 Å². The third-order valence-corrected chi connectivity index (χ3v) is 3.30. The maximum Gasteiger partial charge on any atom is 0.154 e. The molecular weight excluding hydrogens is 282 g/mol. The predicted molar refractivity (Wildman–Crippen MR) is 72.2 cm³/mol. The van der Waals surface area contributed by atoms with Crippen molar-refractivity contribution in [3.63, 3.8) is 0 Å². The molecule has 1 aromatic rings. The molecule has 0 saturated heterocycles. The van der Waals surface area contributed by atoms with E-state index in [1.165, 1.54) is 0 Å². The summed E-state index contributed by atoms with van der Waals surface area (Å²) in [6.07, 6.45) is 0.363.